The third-order valence-electron chi connectivity index (χ3n) is 10.1. The fourth-order valence-electron chi connectivity index (χ4n) is 7.69. The predicted molar refractivity (Wildman–Crippen MR) is 198 cm³/mol. The Bertz CT molecular complexity index is 2580. The maximum atomic E-state index is 6.63. The van der Waals surface area contributed by atoms with Crippen LogP contribution in [0.25, 0.3) is 44.2 Å². The molecule has 0 fully saturated rings. The van der Waals surface area contributed by atoms with Crippen LogP contribution >= 0.6 is 0 Å². The van der Waals surface area contributed by atoms with Gasteiger partial charge in [-0.1, -0.05) is 105 Å². The first-order valence-electron chi connectivity index (χ1n) is 16.7. The molecule has 4 nitrogen and oxygen atoms in total. The molecule has 7 aromatic carbocycles. The van der Waals surface area contributed by atoms with E-state index in [-0.39, 0.29) is 5.41 Å². The van der Waals surface area contributed by atoms with Crippen molar-refractivity contribution in [1.29, 1.82) is 0 Å². The lowest BCUT2D eigenvalue weighted by molar-refractivity contribution is 0.359. The summed E-state index contributed by atoms with van der Waals surface area (Å²) in [5.74, 6) is 2.86. The van der Waals surface area contributed by atoms with E-state index in [0.29, 0.717) is 11.5 Å². The summed E-state index contributed by atoms with van der Waals surface area (Å²) < 4.78 is 19.5. The molecule has 0 N–H and O–H groups in total. The van der Waals surface area contributed by atoms with Crippen LogP contribution in [0.2, 0.25) is 0 Å². The normalized spacial score (nSPS) is 13.6. The third-order valence-corrected chi connectivity index (χ3v) is 10.1. The number of furan rings is 1. The molecule has 0 saturated carbocycles. The summed E-state index contributed by atoms with van der Waals surface area (Å²) in [6, 6.07) is 52.8. The average Bonchev–Trinajstić information content (AvgIpc) is 3.63. The summed E-state index contributed by atoms with van der Waals surface area (Å²) >= 11 is 0. The Kier molecular flexibility index (Phi) is 5.89. The van der Waals surface area contributed by atoms with Crippen LogP contribution in [0.5, 0.6) is 23.0 Å². The maximum absolute atomic E-state index is 6.63. The van der Waals surface area contributed by atoms with E-state index in [9.17, 15) is 0 Å². The molecule has 0 atom stereocenters. The second-order valence-electron chi connectivity index (χ2n) is 13.3. The van der Waals surface area contributed by atoms with Crippen molar-refractivity contribution in [3.05, 3.63) is 163 Å². The first-order chi connectivity index (χ1) is 24.0. The highest BCUT2D eigenvalue weighted by atomic mass is 16.6. The third kappa shape index (κ3) is 4.24. The molecule has 1 aromatic heterocycles. The quantitative estimate of drug-likeness (QED) is 0.193. The number of rotatable bonds is 4. The number of benzene rings is 7. The molecule has 0 radical (unpaired) electrons. The molecular weight excluding hydrogens is 602 g/mol. The van der Waals surface area contributed by atoms with E-state index >= 15 is 0 Å². The van der Waals surface area contributed by atoms with Crippen molar-refractivity contribution in [3.8, 4) is 45.3 Å². The fourth-order valence-corrected chi connectivity index (χ4v) is 7.69. The lowest BCUT2D eigenvalue weighted by Gasteiger charge is -2.28. The largest absolute Gasteiger partial charge is 0.455 e. The van der Waals surface area contributed by atoms with Crippen molar-refractivity contribution in [2.45, 2.75) is 19.3 Å². The summed E-state index contributed by atoms with van der Waals surface area (Å²) in [5.41, 5.74) is 11.9. The van der Waals surface area contributed by atoms with Gasteiger partial charge in [-0.2, -0.15) is 0 Å². The molecule has 4 heteroatoms. The van der Waals surface area contributed by atoms with Gasteiger partial charge in [-0.3, -0.25) is 0 Å². The van der Waals surface area contributed by atoms with Crippen LogP contribution in [0.1, 0.15) is 25.0 Å². The Morgan fingerprint density at radius 3 is 1.98 bits per heavy atom. The molecule has 2 heterocycles. The highest BCUT2D eigenvalue weighted by Gasteiger charge is 2.37. The van der Waals surface area contributed by atoms with Crippen molar-refractivity contribution >= 4 is 39.0 Å². The first kappa shape index (κ1) is 27.8. The molecule has 234 valence electrons. The van der Waals surface area contributed by atoms with Gasteiger partial charge in [0.15, 0.2) is 23.0 Å². The number of hydrogen-bond acceptors (Lipinski definition) is 4. The summed E-state index contributed by atoms with van der Waals surface area (Å²) in [7, 11) is 0. The van der Waals surface area contributed by atoms with Crippen LogP contribution in [0, 0.1) is 0 Å². The van der Waals surface area contributed by atoms with Crippen molar-refractivity contribution in [1.82, 2.24) is 0 Å². The van der Waals surface area contributed by atoms with Crippen LogP contribution in [0.3, 0.4) is 0 Å². The van der Waals surface area contributed by atoms with Gasteiger partial charge in [-0.05, 0) is 82.4 Å². The lowest BCUT2D eigenvalue weighted by atomic mass is 9.82. The molecule has 2 aliphatic rings. The van der Waals surface area contributed by atoms with E-state index in [1.807, 2.05) is 24.3 Å². The van der Waals surface area contributed by atoms with Crippen molar-refractivity contribution in [3.63, 3.8) is 0 Å². The van der Waals surface area contributed by atoms with Gasteiger partial charge in [0.05, 0.1) is 5.69 Å². The lowest BCUT2D eigenvalue weighted by Crippen LogP contribution is -2.15. The molecule has 8 aromatic rings. The highest BCUT2D eigenvalue weighted by Crippen LogP contribution is 2.55. The molecule has 0 bridgehead atoms. The average molecular weight is 634 g/mol. The summed E-state index contributed by atoms with van der Waals surface area (Å²) in [5, 5.41) is 2.25. The van der Waals surface area contributed by atoms with Gasteiger partial charge in [0.2, 0.25) is 0 Å². The van der Waals surface area contributed by atoms with Crippen LogP contribution in [-0.4, -0.2) is 0 Å². The van der Waals surface area contributed by atoms with Gasteiger partial charge in [-0.25, -0.2) is 0 Å². The zero-order valence-electron chi connectivity index (χ0n) is 27.1. The number of fused-ring (bicyclic) bond motifs is 8. The van der Waals surface area contributed by atoms with Crippen LogP contribution in [-0.2, 0) is 5.41 Å². The van der Waals surface area contributed by atoms with Gasteiger partial charge in [0, 0.05) is 39.2 Å². The van der Waals surface area contributed by atoms with E-state index in [2.05, 4.69) is 146 Å². The van der Waals surface area contributed by atoms with Gasteiger partial charge in [0.1, 0.15) is 11.2 Å². The summed E-state index contributed by atoms with van der Waals surface area (Å²) in [6.07, 6.45) is 0. The Hall–Kier alpha value is -6.26. The number of ether oxygens (including phenoxy) is 2. The minimum atomic E-state index is -0.112. The van der Waals surface area contributed by atoms with E-state index in [1.165, 1.54) is 22.3 Å². The van der Waals surface area contributed by atoms with Gasteiger partial charge in [-0.15, -0.1) is 0 Å². The van der Waals surface area contributed by atoms with E-state index in [1.54, 1.807) is 0 Å². The number of hydrogen-bond donors (Lipinski definition) is 0. The molecule has 0 spiro atoms. The van der Waals surface area contributed by atoms with Gasteiger partial charge < -0.3 is 18.8 Å². The smallest absolute Gasteiger partial charge is 0.172 e. The number of anilines is 3. The van der Waals surface area contributed by atoms with Crippen LogP contribution in [0.15, 0.2) is 156 Å². The molecular formula is C45H31NO3. The maximum Gasteiger partial charge on any atom is 0.172 e. The second kappa shape index (κ2) is 10.4. The van der Waals surface area contributed by atoms with Crippen LogP contribution in [0.4, 0.5) is 17.1 Å². The predicted octanol–water partition coefficient (Wildman–Crippen LogP) is 12.9. The van der Waals surface area contributed by atoms with E-state index in [4.69, 9.17) is 13.9 Å². The minimum Gasteiger partial charge on any atom is -0.455 e. The standard InChI is InChI=1S/C45H31NO3/c1-45(2)37-17-8-6-13-33(37)36-26-42-43(27-38(36)45)47-40-24-23-31(25-41(40)48-42)46(29-11-4-3-5-12-29)30-21-19-28(20-22-30)32-15-10-16-35-34-14-7-9-18-39(34)49-44(32)35/h3-27H,1-2H3. The highest BCUT2D eigenvalue weighted by molar-refractivity contribution is 6.09. The molecule has 0 unspecified atom stereocenters. The zero-order chi connectivity index (χ0) is 32.7. The zero-order valence-corrected chi connectivity index (χ0v) is 27.1. The molecule has 1 aliphatic heterocycles. The SMILES string of the molecule is CC1(C)c2ccccc2-c2cc3c(cc21)Oc1ccc(N(c2ccccc2)c2ccc(-c4cccc5c4oc4ccccc45)cc2)cc1O3. The first-order valence-corrected chi connectivity index (χ1v) is 16.7. The Balaban J connectivity index is 1.03. The molecule has 0 amide bonds. The fraction of sp³-hybridized carbons (Fsp3) is 0.0667. The monoisotopic (exact) mass is 633 g/mol. The van der Waals surface area contributed by atoms with Crippen molar-refractivity contribution in [2.24, 2.45) is 0 Å². The minimum absolute atomic E-state index is 0.112. The molecule has 0 saturated heterocycles. The van der Waals surface area contributed by atoms with E-state index < -0.39 is 0 Å². The molecule has 1 aliphatic carbocycles. The molecule has 49 heavy (non-hydrogen) atoms. The Labute approximate surface area is 284 Å². The topological polar surface area (TPSA) is 34.8 Å². The van der Waals surface area contributed by atoms with Gasteiger partial charge >= 0.3 is 0 Å². The summed E-state index contributed by atoms with van der Waals surface area (Å²) in [6.45, 7) is 4.55. The van der Waals surface area contributed by atoms with Crippen LogP contribution < -0.4 is 14.4 Å². The van der Waals surface area contributed by atoms with Crippen molar-refractivity contribution < 1.29 is 13.9 Å². The number of para-hydroxylation sites is 3. The Morgan fingerprint density at radius 2 is 1.10 bits per heavy atom. The second-order valence-corrected chi connectivity index (χ2v) is 13.3. The molecule has 10 rings (SSSR count). The van der Waals surface area contributed by atoms with E-state index in [0.717, 1.165) is 61.6 Å². The van der Waals surface area contributed by atoms with Crippen molar-refractivity contribution in [2.75, 3.05) is 4.90 Å². The number of nitrogens with zero attached hydrogens (tertiary/aromatic N) is 1. The Morgan fingerprint density at radius 1 is 0.449 bits per heavy atom. The van der Waals surface area contributed by atoms with Gasteiger partial charge in [0.25, 0.3) is 0 Å². The summed E-state index contributed by atoms with van der Waals surface area (Å²) in [4.78, 5) is 2.24.